The van der Waals surface area contributed by atoms with E-state index >= 15 is 0 Å². The van der Waals surface area contributed by atoms with Crippen molar-refractivity contribution in [2.45, 2.75) is 20.8 Å². The van der Waals surface area contributed by atoms with Crippen LogP contribution in [0.2, 0.25) is 0 Å². The lowest BCUT2D eigenvalue weighted by Crippen LogP contribution is -2.29. The predicted molar refractivity (Wildman–Crippen MR) is 99.9 cm³/mol. The topological polar surface area (TPSA) is 51.9 Å². The lowest BCUT2D eigenvalue weighted by Gasteiger charge is -2.10. The molecule has 0 aliphatic carbocycles. The Bertz CT molecular complexity index is 871. The fourth-order valence-electron chi connectivity index (χ4n) is 2.67. The van der Waals surface area contributed by atoms with Crippen molar-refractivity contribution in [3.05, 3.63) is 59.9 Å². The molecule has 130 valence electrons. The molecule has 0 saturated heterocycles. The van der Waals surface area contributed by atoms with Crippen molar-refractivity contribution in [3.63, 3.8) is 0 Å². The zero-order valence-corrected chi connectivity index (χ0v) is 15.2. The van der Waals surface area contributed by atoms with E-state index in [1.165, 1.54) is 5.56 Å². The molecule has 3 aromatic rings. The van der Waals surface area contributed by atoms with Crippen molar-refractivity contribution in [1.29, 1.82) is 0 Å². The number of hydrogen-bond donors (Lipinski definition) is 1. The Kier molecular flexibility index (Phi) is 4.74. The van der Waals surface area contributed by atoms with Gasteiger partial charge in [0.2, 0.25) is 0 Å². The first kappa shape index (κ1) is 17.0. The Morgan fingerprint density at radius 2 is 1.92 bits per heavy atom. The number of carbonyl (C=O) groups is 1. The Labute approximate surface area is 148 Å². The minimum Gasteiger partial charge on any atom is -0.350 e. The molecule has 1 aromatic carbocycles. The van der Waals surface area contributed by atoms with Gasteiger partial charge in [-0.25, -0.2) is 4.68 Å². The van der Waals surface area contributed by atoms with Gasteiger partial charge in [0.15, 0.2) is 0 Å². The third-order valence-corrected chi connectivity index (χ3v) is 4.10. The summed E-state index contributed by atoms with van der Waals surface area (Å²) in [5.74, 6) is 0.286. The molecule has 25 heavy (non-hydrogen) atoms. The van der Waals surface area contributed by atoms with Gasteiger partial charge in [-0.15, -0.1) is 0 Å². The molecular weight excluding hydrogens is 312 g/mol. The smallest absolute Gasteiger partial charge is 0.270 e. The van der Waals surface area contributed by atoms with E-state index in [1.807, 2.05) is 67.2 Å². The highest BCUT2D eigenvalue weighted by Gasteiger charge is 2.18. The molecule has 2 aromatic heterocycles. The molecule has 0 aliphatic rings. The number of rotatable bonds is 5. The molecule has 0 atom stereocenters. The minimum atomic E-state index is -0.109. The molecule has 1 amide bonds. The monoisotopic (exact) mass is 336 g/mol. The van der Waals surface area contributed by atoms with Crippen molar-refractivity contribution in [2.75, 3.05) is 6.54 Å². The van der Waals surface area contributed by atoms with E-state index in [-0.39, 0.29) is 5.91 Å². The maximum Gasteiger partial charge on any atom is 0.270 e. The molecule has 0 radical (unpaired) electrons. The Morgan fingerprint density at radius 3 is 2.52 bits per heavy atom. The summed E-state index contributed by atoms with van der Waals surface area (Å²) in [6.45, 7) is 6.83. The molecule has 5 heteroatoms. The molecule has 0 aliphatic heterocycles. The lowest BCUT2D eigenvalue weighted by atomic mass is 10.2. The van der Waals surface area contributed by atoms with Crippen LogP contribution in [0.4, 0.5) is 0 Å². The van der Waals surface area contributed by atoms with Crippen molar-refractivity contribution < 1.29 is 4.79 Å². The summed E-state index contributed by atoms with van der Waals surface area (Å²) in [5.41, 5.74) is 4.34. The van der Waals surface area contributed by atoms with Crippen LogP contribution in [0.25, 0.3) is 17.1 Å². The van der Waals surface area contributed by atoms with Gasteiger partial charge in [-0.3, -0.25) is 4.79 Å². The SMILES string of the molecule is Cc1ccc(-n2nc(-c3cccn3C)cc2C(=O)NCC(C)C)cc1. The highest BCUT2D eigenvalue weighted by Crippen LogP contribution is 2.22. The van der Waals surface area contributed by atoms with Gasteiger partial charge in [-0.2, -0.15) is 5.10 Å². The maximum atomic E-state index is 12.7. The average Bonchev–Trinajstić information content (AvgIpc) is 3.19. The molecular formula is C20H24N4O. The highest BCUT2D eigenvalue weighted by atomic mass is 16.2. The molecule has 0 bridgehead atoms. The first-order valence-corrected chi connectivity index (χ1v) is 8.52. The molecule has 0 spiro atoms. The maximum absolute atomic E-state index is 12.7. The third kappa shape index (κ3) is 3.65. The largest absolute Gasteiger partial charge is 0.350 e. The van der Waals surface area contributed by atoms with Gasteiger partial charge in [-0.05, 0) is 43.2 Å². The number of aromatic nitrogens is 3. The zero-order chi connectivity index (χ0) is 18.0. The highest BCUT2D eigenvalue weighted by molar-refractivity contribution is 5.94. The van der Waals surface area contributed by atoms with Crippen LogP contribution in [0, 0.1) is 12.8 Å². The first-order valence-electron chi connectivity index (χ1n) is 8.52. The summed E-state index contributed by atoms with van der Waals surface area (Å²) in [6, 6.07) is 13.8. The van der Waals surface area contributed by atoms with Crippen LogP contribution in [0.3, 0.4) is 0 Å². The number of hydrogen-bond acceptors (Lipinski definition) is 2. The van der Waals surface area contributed by atoms with Crippen LogP contribution in [-0.4, -0.2) is 26.8 Å². The van der Waals surface area contributed by atoms with Crippen LogP contribution >= 0.6 is 0 Å². The molecule has 3 rings (SSSR count). The van der Waals surface area contributed by atoms with E-state index in [0.717, 1.165) is 17.1 Å². The van der Waals surface area contributed by atoms with Gasteiger partial charge in [0.1, 0.15) is 11.4 Å². The van der Waals surface area contributed by atoms with Crippen LogP contribution in [0.15, 0.2) is 48.7 Å². The number of nitrogens with one attached hydrogen (secondary N) is 1. The van der Waals surface area contributed by atoms with Crippen molar-refractivity contribution in [3.8, 4) is 17.1 Å². The Balaban J connectivity index is 2.04. The van der Waals surface area contributed by atoms with E-state index in [2.05, 4.69) is 19.2 Å². The summed E-state index contributed by atoms with van der Waals surface area (Å²) in [7, 11) is 1.97. The zero-order valence-electron chi connectivity index (χ0n) is 15.2. The number of carbonyl (C=O) groups excluding carboxylic acids is 1. The summed E-state index contributed by atoms with van der Waals surface area (Å²) in [4.78, 5) is 12.7. The fraction of sp³-hybridized carbons (Fsp3) is 0.300. The second-order valence-corrected chi connectivity index (χ2v) is 6.77. The van der Waals surface area contributed by atoms with Gasteiger partial charge in [0, 0.05) is 19.8 Å². The van der Waals surface area contributed by atoms with Gasteiger partial charge in [-0.1, -0.05) is 31.5 Å². The molecule has 0 saturated carbocycles. The lowest BCUT2D eigenvalue weighted by molar-refractivity contribution is 0.0941. The molecule has 0 unspecified atom stereocenters. The van der Waals surface area contributed by atoms with Crippen LogP contribution in [0.1, 0.15) is 29.9 Å². The predicted octanol–water partition coefficient (Wildman–Crippen LogP) is 3.57. The van der Waals surface area contributed by atoms with E-state index in [9.17, 15) is 4.79 Å². The summed E-state index contributed by atoms with van der Waals surface area (Å²) >= 11 is 0. The van der Waals surface area contributed by atoms with Gasteiger partial charge in [0.05, 0.1) is 11.4 Å². The van der Waals surface area contributed by atoms with Crippen molar-refractivity contribution in [1.82, 2.24) is 19.7 Å². The standard InChI is InChI=1S/C20H24N4O/c1-14(2)13-21-20(25)19-12-17(18-6-5-11-23(18)4)22-24(19)16-9-7-15(3)8-10-16/h5-12,14H,13H2,1-4H3,(H,21,25). The van der Waals surface area contributed by atoms with Crippen LogP contribution in [-0.2, 0) is 7.05 Å². The molecule has 5 nitrogen and oxygen atoms in total. The van der Waals surface area contributed by atoms with E-state index in [4.69, 9.17) is 5.10 Å². The van der Waals surface area contributed by atoms with Crippen LogP contribution < -0.4 is 5.32 Å². The van der Waals surface area contributed by atoms with Gasteiger partial charge in [0.25, 0.3) is 5.91 Å². The first-order chi connectivity index (χ1) is 12.0. The molecule has 1 N–H and O–H groups in total. The molecule has 2 heterocycles. The van der Waals surface area contributed by atoms with Crippen molar-refractivity contribution in [2.24, 2.45) is 13.0 Å². The second kappa shape index (κ2) is 6.97. The number of aryl methyl sites for hydroxylation is 2. The number of amides is 1. The Hall–Kier alpha value is -2.82. The summed E-state index contributed by atoms with van der Waals surface area (Å²) in [5, 5.41) is 7.68. The van der Waals surface area contributed by atoms with E-state index < -0.39 is 0 Å². The van der Waals surface area contributed by atoms with Crippen molar-refractivity contribution >= 4 is 5.91 Å². The summed E-state index contributed by atoms with van der Waals surface area (Å²) < 4.78 is 3.72. The van der Waals surface area contributed by atoms with E-state index in [1.54, 1.807) is 4.68 Å². The van der Waals surface area contributed by atoms with Gasteiger partial charge < -0.3 is 9.88 Å². The van der Waals surface area contributed by atoms with E-state index in [0.29, 0.717) is 18.2 Å². The summed E-state index contributed by atoms with van der Waals surface area (Å²) in [6.07, 6.45) is 1.97. The minimum absolute atomic E-state index is 0.109. The number of nitrogens with zero attached hydrogens (tertiary/aromatic N) is 3. The molecule has 0 fully saturated rings. The Morgan fingerprint density at radius 1 is 1.20 bits per heavy atom. The normalized spacial score (nSPS) is 11.1. The number of benzene rings is 1. The second-order valence-electron chi connectivity index (χ2n) is 6.77. The van der Waals surface area contributed by atoms with Crippen LogP contribution in [0.5, 0.6) is 0 Å². The quantitative estimate of drug-likeness (QED) is 0.774. The fourth-order valence-corrected chi connectivity index (χ4v) is 2.67. The third-order valence-electron chi connectivity index (χ3n) is 4.10. The van der Waals surface area contributed by atoms with Gasteiger partial charge >= 0.3 is 0 Å². The average molecular weight is 336 g/mol.